The number of benzene rings is 2. The lowest BCUT2D eigenvalue weighted by molar-refractivity contribution is -0.116. The molecule has 0 fully saturated rings. The van der Waals surface area contributed by atoms with E-state index in [9.17, 15) is 4.79 Å². The molecular formula is C24H27BrN4OS. The molecule has 5 nitrogen and oxygen atoms in total. The fourth-order valence-electron chi connectivity index (χ4n) is 3.60. The van der Waals surface area contributed by atoms with Crippen molar-refractivity contribution in [3.63, 3.8) is 0 Å². The summed E-state index contributed by atoms with van der Waals surface area (Å²) in [6, 6.07) is 14.3. The molecule has 0 radical (unpaired) electrons. The maximum Gasteiger partial charge on any atom is 0.276 e. The number of hydrazone groups is 1. The molecule has 2 aromatic carbocycles. The molecule has 0 aliphatic carbocycles. The minimum absolute atomic E-state index is 0.0741. The first-order valence-electron chi connectivity index (χ1n) is 10.6. The van der Waals surface area contributed by atoms with Crippen molar-refractivity contribution in [3.05, 3.63) is 68.6 Å². The van der Waals surface area contributed by atoms with Gasteiger partial charge in [-0.1, -0.05) is 86.1 Å². The summed E-state index contributed by atoms with van der Waals surface area (Å²) in [7, 11) is 0. The van der Waals surface area contributed by atoms with Crippen LogP contribution in [-0.2, 0) is 10.2 Å². The first-order valence-corrected chi connectivity index (χ1v) is 12.4. The molecule has 2 aromatic rings. The second kappa shape index (κ2) is 8.79. The Balaban J connectivity index is 1.82. The van der Waals surface area contributed by atoms with Gasteiger partial charge < -0.3 is 0 Å². The van der Waals surface area contributed by atoms with Gasteiger partial charge in [-0.3, -0.25) is 15.1 Å². The van der Waals surface area contributed by atoms with Gasteiger partial charge in [-0.15, -0.1) is 5.10 Å². The number of rotatable bonds is 4. The van der Waals surface area contributed by atoms with Crippen LogP contribution < -0.4 is 15.9 Å². The molecule has 2 aliphatic rings. The highest BCUT2D eigenvalue weighted by molar-refractivity contribution is 9.10. The van der Waals surface area contributed by atoms with Gasteiger partial charge in [-0.25, -0.2) is 5.01 Å². The average molecular weight is 499 g/mol. The molecule has 1 amide bonds. The van der Waals surface area contributed by atoms with Crippen LogP contribution in [0.3, 0.4) is 0 Å². The molecule has 1 N–H and O–H groups in total. The predicted molar refractivity (Wildman–Crippen MR) is 131 cm³/mol. The van der Waals surface area contributed by atoms with Crippen LogP contribution in [-0.4, -0.2) is 21.8 Å². The summed E-state index contributed by atoms with van der Waals surface area (Å²) in [5.74, 6) is 0.780. The molecule has 0 saturated carbocycles. The van der Waals surface area contributed by atoms with E-state index in [4.69, 9.17) is 10.1 Å². The number of amidine groups is 1. The Bertz CT molecular complexity index is 1150. The Morgan fingerprint density at radius 3 is 2.58 bits per heavy atom. The minimum atomic E-state index is -0.384. The van der Waals surface area contributed by atoms with Crippen molar-refractivity contribution < 1.29 is 4.79 Å². The molecule has 2 heterocycles. The van der Waals surface area contributed by atoms with Gasteiger partial charge in [0.05, 0.1) is 5.36 Å². The Morgan fingerprint density at radius 2 is 1.90 bits per heavy atom. The van der Waals surface area contributed by atoms with E-state index in [1.54, 1.807) is 16.8 Å². The predicted octanol–water partition coefficient (Wildman–Crippen LogP) is 4.42. The molecule has 162 valence electrons. The Hall–Kier alpha value is -2.12. The molecule has 0 aromatic heterocycles. The van der Waals surface area contributed by atoms with Crippen LogP contribution in [0.25, 0.3) is 5.70 Å². The first kappa shape index (κ1) is 22.1. The fraction of sp³-hybridized carbons (Fsp3) is 0.375. The number of unbranched alkanes of at least 4 members (excludes halogenated alkanes) is 1. The highest BCUT2D eigenvalue weighted by Gasteiger charge is 2.34. The number of nitrogens with zero attached hydrogens (tertiary/aromatic N) is 3. The normalized spacial score (nSPS) is 18.0. The van der Waals surface area contributed by atoms with E-state index in [2.05, 4.69) is 73.2 Å². The zero-order valence-corrected chi connectivity index (χ0v) is 20.7. The highest BCUT2D eigenvalue weighted by Crippen LogP contribution is 2.32. The summed E-state index contributed by atoms with van der Waals surface area (Å²) < 4.78 is 0.904. The lowest BCUT2D eigenvalue weighted by Crippen LogP contribution is -2.50. The third-order valence-corrected chi connectivity index (χ3v) is 6.82. The molecule has 31 heavy (non-hydrogen) atoms. The summed E-state index contributed by atoms with van der Waals surface area (Å²) in [5.41, 5.74) is 2.88. The van der Waals surface area contributed by atoms with Gasteiger partial charge in [-0.05, 0) is 41.2 Å². The monoisotopic (exact) mass is 498 g/mol. The van der Waals surface area contributed by atoms with Gasteiger partial charge in [0.1, 0.15) is 5.70 Å². The zero-order chi connectivity index (χ0) is 22.2. The number of halogens is 1. The van der Waals surface area contributed by atoms with Crippen LogP contribution in [0.2, 0.25) is 0 Å². The lowest BCUT2D eigenvalue weighted by Gasteiger charge is -2.34. The van der Waals surface area contributed by atoms with Crippen LogP contribution in [0.4, 0.5) is 0 Å². The van der Waals surface area contributed by atoms with Crippen molar-refractivity contribution in [2.75, 3.05) is 5.75 Å². The molecule has 0 spiro atoms. The second-order valence-corrected chi connectivity index (χ2v) is 10.8. The number of hydrogen-bond acceptors (Lipinski definition) is 5. The van der Waals surface area contributed by atoms with Crippen LogP contribution in [0.5, 0.6) is 0 Å². The van der Waals surface area contributed by atoms with Crippen LogP contribution >= 0.6 is 27.7 Å². The number of carbonyl (C=O) groups is 1. The van der Waals surface area contributed by atoms with E-state index in [-0.39, 0.29) is 17.5 Å². The number of fused-ring (bicyclic) bond motifs is 2. The zero-order valence-electron chi connectivity index (χ0n) is 18.3. The highest BCUT2D eigenvalue weighted by atomic mass is 79.9. The third-order valence-electron chi connectivity index (χ3n) is 5.38. The van der Waals surface area contributed by atoms with Crippen molar-refractivity contribution >= 4 is 44.5 Å². The molecule has 7 heteroatoms. The minimum Gasteiger partial charge on any atom is -0.298 e. The van der Waals surface area contributed by atoms with Crippen molar-refractivity contribution in [3.8, 4) is 0 Å². The first-order chi connectivity index (χ1) is 14.8. The van der Waals surface area contributed by atoms with E-state index < -0.39 is 0 Å². The van der Waals surface area contributed by atoms with Crippen molar-refractivity contribution in [2.24, 2.45) is 10.1 Å². The Labute approximate surface area is 195 Å². The molecule has 2 aliphatic heterocycles. The molecule has 0 saturated heterocycles. The lowest BCUT2D eigenvalue weighted by atomic mass is 9.86. The number of carbonyl (C=O) groups excluding carboxylic acids is 1. The summed E-state index contributed by atoms with van der Waals surface area (Å²) in [6.07, 6.45) is 1.80. The van der Waals surface area contributed by atoms with E-state index in [0.717, 1.165) is 39.2 Å². The summed E-state index contributed by atoms with van der Waals surface area (Å²) in [5, 5.41) is 11.8. The van der Waals surface area contributed by atoms with Gasteiger partial charge in [0.2, 0.25) is 0 Å². The van der Waals surface area contributed by atoms with Gasteiger partial charge in [0.15, 0.2) is 11.3 Å². The van der Waals surface area contributed by atoms with E-state index >= 15 is 0 Å². The fourth-order valence-corrected chi connectivity index (χ4v) is 4.90. The summed E-state index contributed by atoms with van der Waals surface area (Å²) in [4.78, 5) is 18.2. The number of amides is 1. The number of thioether (sulfide) groups is 1. The van der Waals surface area contributed by atoms with Crippen LogP contribution in [0, 0.1) is 0 Å². The Kier molecular flexibility index (Phi) is 6.26. The van der Waals surface area contributed by atoms with E-state index in [1.165, 1.54) is 5.56 Å². The van der Waals surface area contributed by atoms with Gasteiger partial charge >= 0.3 is 0 Å². The van der Waals surface area contributed by atoms with Crippen LogP contribution in [0.15, 0.2) is 57.0 Å². The van der Waals surface area contributed by atoms with Crippen molar-refractivity contribution in [2.45, 2.75) is 52.1 Å². The topological polar surface area (TPSA) is 57.1 Å². The molecule has 0 bridgehead atoms. The molecule has 1 atom stereocenters. The summed E-state index contributed by atoms with van der Waals surface area (Å²) >= 11 is 5.10. The smallest absolute Gasteiger partial charge is 0.276 e. The van der Waals surface area contributed by atoms with E-state index in [0.29, 0.717) is 10.9 Å². The van der Waals surface area contributed by atoms with Gasteiger partial charge in [0.25, 0.3) is 5.91 Å². The standard InChI is InChI=1S/C24H27BrN4OS/c1-5-6-13-31-23-27-22(30)20-18-14-17(25)11-12-19(18)26-21(29(20)28-23)15-7-9-16(10-8-15)24(2,3)4/h7-12,14,21H,5-6,13H2,1-4H3,(H,27,28,30)/t21-/m1/s1. The quantitative estimate of drug-likeness (QED) is 0.634. The molecule has 0 unspecified atom stereocenters. The van der Waals surface area contributed by atoms with Gasteiger partial charge in [0, 0.05) is 15.4 Å². The third kappa shape index (κ3) is 4.58. The largest absolute Gasteiger partial charge is 0.298 e. The van der Waals surface area contributed by atoms with E-state index in [1.807, 2.05) is 18.2 Å². The average Bonchev–Trinajstić information content (AvgIpc) is 2.72. The molecular weight excluding hydrogens is 472 g/mol. The maximum absolute atomic E-state index is 13.2. The maximum atomic E-state index is 13.2. The second-order valence-electron chi connectivity index (χ2n) is 8.79. The van der Waals surface area contributed by atoms with Crippen LogP contribution in [0.1, 0.15) is 57.8 Å². The number of nitrogens with one attached hydrogen (secondary N) is 1. The SMILES string of the molecule is CCCCSC1=NN2C(=c3cc(Br)ccc3=N[C@H]2c2ccc(C(C)(C)C)cc2)C(=O)N1. The van der Waals surface area contributed by atoms with Crippen molar-refractivity contribution in [1.29, 1.82) is 0 Å². The number of hydrogen-bond donors (Lipinski definition) is 1. The summed E-state index contributed by atoms with van der Waals surface area (Å²) in [6.45, 7) is 8.76. The molecule has 4 rings (SSSR count). The Morgan fingerprint density at radius 1 is 1.16 bits per heavy atom. The van der Waals surface area contributed by atoms with Gasteiger partial charge in [-0.2, -0.15) is 0 Å². The van der Waals surface area contributed by atoms with Crippen molar-refractivity contribution in [1.82, 2.24) is 10.3 Å².